The van der Waals surface area contributed by atoms with Gasteiger partial charge in [-0.25, -0.2) is 0 Å². The molecule has 0 heterocycles. The number of amides is 1. The molecule has 3 rings (SSSR count). The average molecular weight is 374 g/mol. The number of carbonyl (C=O) groups is 1. The maximum atomic E-state index is 12.1. The fourth-order valence-corrected chi connectivity index (χ4v) is 2.66. The van der Waals surface area contributed by atoms with Crippen LogP contribution in [0.5, 0.6) is 11.5 Å². The van der Waals surface area contributed by atoms with Gasteiger partial charge in [0.1, 0.15) is 11.5 Å². The van der Waals surface area contributed by atoms with E-state index in [1.807, 2.05) is 86.6 Å². The third-order valence-corrected chi connectivity index (χ3v) is 4.05. The summed E-state index contributed by atoms with van der Waals surface area (Å²) in [6, 6.07) is 22.8. The molecule has 0 unspecified atom stereocenters. The summed E-state index contributed by atoms with van der Waals surface area (Å²) >= 11 is 0. The fourth-order valence-electron chi connectivity index (χ4n) is 2.66. The second-order valence-electron chi connectivity index (χ2n) is 6.31. The number of para-hydroxylation sites is 2. The van der Waals surface area contributed by atoms with Gasteiger partial charge in [0.05, 0.1) is 6.21 Å². The summed E-state index contributed by atoms with van der Waals surface area (Å²) < 4.78 is 5.79. The molecular weight excluding hydrogens is 352 g/mol. The molecule has 0 aliphatic carbocycles. The SMILES string of the molecule is Cc1cccc(C)c1NC(=O)CON=Cc1cccc(Oc2ccccc2)c1. The van der Waals surface area contributed by atoms with Crippen LogP contribution in [-0.4, -0.2) is 18.7 Å². The van der Waals surface area contributed by atoms with E-state index in [0.717, 1.165) is 28.1 Å². The van der Waals surface area contributed by atoms with Crippen LogP contribution in [0.4, 0.5) is 5.69 Å². The van der Waals surface area contributed by atoms with E-state index in [0.29, 0.717) is 5.75 Å². The zero-order valence-corrected chi connectivity index (χ0v) is 15.9. The van der Waals surface area contributed by atoms with Gasteiger partial charge in [-0.1, -0.05) is 53.7 Å². The molecule has 28 heavy (non-hydrogen) atoms. The predicted molar refractivity (Wildman–Crippen MR) is 111 cm³/mol. The highest BCUT2D eigenvalue weighted by molar-refractivity contribution is 5.93. The quantitative estimate of drug-likeness (QED) is 0.463. The van der Waals surface area contributed by atoms with Gasteiger partial charge in [0.2, 0.25) is 0 Å². The van der Waals surface area contributed by atoms with E-state index in [4.69, 9.17) is 9.57 Å². The zero-order chi connectivity index (χ0) is 19.8. The fraction of sp³-hybridized carbons (Fsp3) is 0.130. The molecule has 0 aromatic heterocycles. The molecule has 0 saturated carbocycles. The first kappa shape index (κ1) is 19.2. The predicted octanol–water partition coefficient (Wildman–Crippen LogP) is 5.08. The van der Waals surface area contributed by atoms with Gasteiger partial charge in [0.25, 0.3) is 5.91 Å². The van der Waals surface area contributed by atoms with Crippen molar-refractivity contribution < 1.29 is 14.4 Å². The summed E-state index contributed by atoms with van der Waals surface area (Å²) in [5.74, 6) is 1.20. The van der Waals surface area contributed by atoms with Crippen molar-refractivity contribution in [1.29, 1.82) is 0 Å². The largest absolute Gasteiger partial charge is 0.457 e. The number of rotatable bonds is 7. The number of aryl methyl sites for hydroxylation is 2. The molecule has 5 heteroatoms. The van der Waals surface area contributed by atoms with Crippen LogP contribution in [0, 0.1) is 13.8 Å². The Hall–Kier alpha value is -3.60. The Kier molecular flexibility index (Phi) is 6.41. The lowest BCUT2D eigenvalue weighted by molar-refractivity contribution is -0.120. The number of nitrogens with one attached hydrogen (secondary N) is 1. The summed E-state index contributed by atoms with van der Waals surface area (Å²) in [7, 11) is 0. The van der Waals surface area contributed by atoms with E-state index in [1.54, 1.807) is 6.21 Å². The van der Waals surface area contributed by atoms with Crippen LogP contribution in [0.2, 0.25) is 0 Å². The smallest absolute Gasteiger partial charge is 0.265 e. The molecule has 0 radical (unpaired) electrons. The Morgan fingerprint density at radius 3 is 2.36 bits per heavy atom. The van der Waals surface area contributed by atoms with Gasteiger partial charge in [-0.05, 0) is 54.8 Å². The third kappa shape index (κ3) is 5.45. The van der Waals surface area contributed by atoms with Crippen molar-refractivity contribution in [3.63, 3.8) is 0 Å². The molecule has 0 spiro atoms. The van der Waals surface area contributed by atoms with E-state index >= 15 is 0 Å². The minimum absolute atomic E-state index is 0.162. The molecular formula is C23H22N2O3. The summed E-state index contributed by atoms with van der Waals surface area (Å²) in [6.07, 6.45) is 1.55. The topological polar surface area (TPSA) is 59.9 Å². The Bertz CT molecular complexity index is 948. The number of benzene rings is 3. The summed E-state index contributed by atoms with van der Waals surface area (Å²) in [5, 5.41) is 6.73. The maximum absolute atomic E-state index is 12.1. The Morgan fingerprint density at radius 2 is 1.61 bits per heavy atom. The Balaban J connectivity index is 1.52. The molecule has 0 atom stereocenters. The van der Waals surface area contributed by atoms with Gasteiger partial charge in [0.15, 0.2) is 6.61 Å². The van der Waals surface area contributed by atoms with E-state index in [1.165, 1.54) is 0 Å². The van der Waals surface area contributed by atoms with Gasteiger partial charge in [-0.15, -0.1) is 0 Å². The number of anilines is 1. The lowest BCUT2D eigenvalue weighted by atomic mass is 10.1. The molecule has 0 fully saturated rings. The average Bonchev–Trinajstić information content (AvgIpc) is 2.69. The Labute approximate surface area is 164 Å². The number of hydrogen-bond acceptors (Lipinski definition) is 4. The lowest BCUT2D eigenvalue weighted by Gasteiger charge is -2.10. The van der Waals surface area contributed by atoms with Crippen LogP contribution >= 0.6 is 0 Å². The normalized spacial score (nSPS) is 10.6. The second kappa shape index (κ2) is 9.37. The molecule has 0 aliphatic heterocycles. The molecule has 3 aromatic carbocycles. The summed E-state index contributed by atoms with van der Waals surface area (Å²) in [6.45, 7) is 3.74. The monoisotopic (exact) mass is 374 g/mol. The van der Waals surface area contributed by atoms with Crippen LogP contribution in [0.25, 0.3) is 0 Å². The number of hydrogen-bond donors (Lipinski definition) is 1. The van der Waals surface area contributed by atoms with Gasteiger partial charge >= 0.3 is 0 Å². The van der Waals surface area contributed by atoms with Crippen LogP contribution in [0.15, 0.2) is 78.0 Å². The highest BCUT2D eigenvalue weighted by Crippen LogP contribution is 2.21. The van der Waals surface area contributed by atoms with Crippen LogP contribution in [0.3, 0.4) is 0 Å². The van der Waals surface area contributed by atoms with Crippen molar-refractivity contribution in [2.75, 3.05) is 11.9 Å². The van der Waals surface area contributed by atoms with Gasteiger partial charge in [0, 0.05) is 5.69 Å². The van der Waals surface area contributed by atoms with Crippen LogP contribution < -0.4 is 10.1 Å². The minimum atomic E-state index is -0.254. The van der Waals surface area contributed by atoms with E-state index in [-0.39, 0.29) is 12.5 Å². The zero-order valence-electron chi connectivity index (χ0n) is 15.9. The molecule has 3 aromatic rings. The van der Waals surface area contributed by atoms with Crippen LogP contribution in [0.1, 0.15) is 16.7 Å². The molecule has 142 valence electrons. The Morgan fingerprint density at radius 1 is 0.929 bits per heavy atom. The molecule has 0 bridgehead atoms. The lowest BCUT2D eigenvalue weighted by Crippen LogP contribution is -2.18. The molecule has 0 aliphatic rings. The van der Waals surface area contributed by atoms with Crippen LogP contribution in [-0.2, 0) is 9.63 Å². The molecule has 0 saturated heterocycles. The number of carbonyl (C=O) groups excluding carboxylic acids is 1. The highest BCUT2D eigenvalue weighted by Gasteiger charge is 2.07. The molecule has 1 N–H and O–H groups in total. The van der Waals surface area contributed by atoms with Crippen molar-refractivity contribution in [2.24, 2.45) is 5.16 Å². The van der Waals surface area contributed by atoms with Crippen molar-refractivity contribution in [3.8, 4) is 11.5 Å². The van der Waals surface area contributed by atoms with Crippen molar-refractivity contribution in [1.82, 2.24) is 0 Å². The second-order valence-corrected chi connectivity index (χ2v) is 6.31. The number of nitrogens with zero attached hydrogens (tertiary/aromatic N) is 1. The van der Waals surface area contributed by atoms with Gasteiger partial charge in [-0.3, -0.25) is 4.79 Å². The summed E-state index contributed by atoms with van der Waals surface area (Å²) in [4.78, 5) is 17.2. The first-order valence-corrected chi connectivity index (χ1v) is 8.96. The first-order chi connectivity index (χ1) is 13.6. The number of oxime groups is 1. The van der Waals surface area contributed by atoms with Crippen molar-refractivity contribution >= 4 is 17.8 Å². The first-order valence-electron chi connectivity index (χ1n) is 8.96. The van der Waals surface area contributed by atoms with E-state index in [9.17, 15) is 4.79 Å². The summed E-state index contributed by atoms with van der Waals surface area (Å²) in [5.41, 5.74) is 3.63. The molecule has 1 amide bonds. The third-order valence-electron chi connectivity index (χ3n) is 4.05. The van der Waals surface area contributed by atoms with Gasteiger partial charge < -0.3 is 14.9 Å². The van der Waals surface area contributed by atoms with Crippen molar-refractivity contribution in [3.05, 3.63) is 89.5 Å². The maximum Gasteiger partial charge on any atom is 0.265 e. The molecule has 5 nitrogen and oxygen atoms in total. The van der Waals surface area contributed by atoms with Crippen molar-refractivity contribution in [2.45, 2.75) is 13.8 Å². The van der Waals surface area contributed by atoms with E-state index < -0.39 is 0 Å². The number of ether oxygens (including phenoxy) is 1. The van der Waals surface area contributed by atoms with E-state index in [2.05, 4.69) is 10.5 Å². The highest BCUT2D eigenvalue weighted by atomic mass is 16.6. The van der Waals surface area contributed by atoms with Gasteiger partial charge in [-0.2, -0.15) is 0 Å². The minimum Gasteiger partial charge on any atom is -0.457 e. The standard InChI is InChI=1S/C23H22N2O3/c1-17-8-6-9-18(2)23(17)25-22(26)16-27-24-15-19-10-7-13-21(14-19)28-20-11-4-3-5-12-20/h3-15H,16H2,1-2H3,(H,25,26).